The van der Waals surface area contributed by atoms with Crippen LogP contribution in [0.3, 0.4) is 0 Å². The first-order valence-electron chi connectivity index (χ1n) is 3.93. The zero-order valence-electron chi connectivity index (χ0n) is 6.55. The van der Waals surface area contributed by atoms with Gasteiger partial charge in [0.15, 0.2) is 0 Å². The third kappa shape index (κ3) is 1.80. The third-order valence-corrected chi connectivity index (χ3v) is 1.94. The molecule has 64 valence electrons. The van der Waals surface area contributed by atoms with Gasteiger partial charge in [0.25, 0.3) is 0 Å². The van der Waals surface area contributed by atoms with Crippen molar-refractivity contribution in [2.45, 2.75) is 18.9 Å². The predicted molar refractivity (Wildman–Crippen MR) is 50.3 cm³/mol. The Bertz CT molecular complexity index is 276. The molecule has 0 radical (unpaired) electrons. The molecule has 0 saturated heterocycles. The average Bonchev–Trinajstić information content (AvgIpc) is 2.68. The van der Waals surface area contributed by atoms with E-state index in [9.17, 15) is 0 Å². The number of nitrogens with two attached hydrogens (primary N) is 1. The summed E-state index contributed by atoms with van der Waals surface area (Å²) in [5.41, 5.74) is 6.24. The average molecular weight is 184 g/mol. The van der Waals surface area contributed by atoms with Crippen molar-refractivity contribution in [2.24, 2.45) is 0 Å². The Morgan fingerprint density at radius 2 is 2.25 bits per heavy atom. The molecule has 0 amide bonds. The summed E-state index contributed by atoms with van der Waals surface area (Å²) in [6, 6.07) is 4.01. The third-order valence-electron chi connectivity index (χ3n) is 1.75. The second-order valence-corrected chi connectivity index (χ2v) is 3.41. The van der Waals surface area contributed by atoms with E-state index in [0.717, 1.165) is 5.82 Å². The maximum absolute atomic E-state index is 5.72. The number of nitrogens with zero attached hydrogens (tertiary/aromatic N) is 1. The van der Waals surface area contributed by atoms with Crippen molar-refractivity contribution in [1.82, 2.24) is 4.98 Å². The zero-order chi connectivity index (χ0) is 8.55. The van der Waals surface area contributed by atoms with Crippen LogP contribution in [0.1, 0.15) is 12.8 Å². The number of nitrogens with one attached hydrogen (secondary N) is 1. The molecule has 1 saturated carbocycles. The van der Waals surface area contributed by atoms with Crippen molar-refractivity contribution in [3.63, 3.8) is 0 Å². The highest BCUT2D eigenvalue weighted by Crippen LogP contribution is 2.25. The Kier molecular flexibility index (Phi) is 1.81. The molecule has 12 heavy (non-hydrogen) atoms. The number of halogens is 1. The van der Waals surface area contributed by atoms with Crippen molar-refractivity contribution in [1.29, 1.82) is 0 Å². The normalized spacial score (nSPS) is 16.1. The number of pyridine rings is 1. The van der Waals surface area contributed by atoms with Gasteiger partial charge in [0.2, 0.25) is 0 Å². The minimum absolute atomic E-state index is 0.443. The number of anilines is 2. The van der Waals surface area contributed by atoms with E-state index in [1.165, 1.54) is 12.8 Å². The van der Waals surface area contributed by atoms with E-state index < -0.39 is 0 Å². The maximum Gasteiger partial charge on any atom is 0.133 e. The van der Waals surface area contributed by atoms with Crippen LogP contribution in [0.15, 0.2) is 12.1 Å². The Hall–Kier alpha value is -0.960. The fourth-order valence-corrected chi connectivity index (χ4v) is 1.24. The molecule has 3 nitrogen and oxygen atoms in total. The smallest absolute Gasteiger partial charge is 0.133 e. The summed E-state index contributed by atoms with van der Waals surface area (Å²) < 4.78 is 0. The fourth-order valence-electron chi connectivity index (χ4n) is 1.03. The summed E-state index contributed by atoms with van der Waals surface area (Å²) in [7, 11) is 0. The quantitative estimate of drug-likeness (QED) is 0.689. The Balaban J connectivity index is 2.18. The van der Waals surface area contributed by atoms with Crippen molar-refractivity contribution >= 4 is 23.1 Å². The van der Waals surface area contributed by atoms with Crippen LogP contribution in [0.5, 0.6) is 0 Å². The molecule has 1 heterocycles. The maximum atomic E-state index is 5.72. The summed E-state index contributed by atoms with van der Waals surface area (Å²) in [6.07, 6.45) is 2.43. The molecular formula is C8H10ClN3. The van der Waals surface area contributed by atoms with Gasteiger partial charge in [0.1, 0.15) is 11.0 Å². The first kappa shape index (κ1) is 7.68. The summed E-state index contributed by atoms with van der Waals surface area (Å²) in [4.78, 5) is 4.09. The van der Waals surface area contributed by atoms with E-state index in [-0.39, 0.29) is 0 Å². The van der Waals surface area contributed by atoms with Gasteiger partial charge in [-0.1, -0.05) is 11.6 Å². The van der Waals surface area contributed by atoms with Crippen LogP contribution in [-0.4, -0.2) is 11.0 Å². The van der Waals surface area contributed by atoms with Gasteiger partial charge in [-0.25, -0.2) is 4.98 Å². The van der Waals surface area contributed by atoms with Gasteiger partial charge in [-0.15, -0.1) is 0 Å². The Morgan fingerprint density at radius 3 is 2.83 bits per heavy atom. The van der Waals surface area contributed by atoms with Crippen LogP contribution >= 0.6 is 11.6 Å². The molecule has 0 unspecified atom stereocenters. The molecule has 0 spiro atoms. The highest BCUT2D eigenvalue weighted by molar-refractivity contribution is 6.29. The van der Waals surface area contributed by atoms with Crippen LogP contribution in [0, 0.1) is 0 Å². The lowest BCUT2D eigenvalue weighted by Gasteiger charge is -2.04. The lowest BCUT2D eigenvalue weighted by Crippen LogP contribution is -2.03. The van der Waals surface area contributed by atoms with Crippen molar-refractivity contribution in [3.8, 4) is 0 Å². The highest BCUT2D eigenvalue weighted by atomic mass is 35.5. The van der Waals surface area contributed by atoms with Crippen LogP contribution in [-0.2, 0) is 0 Å². The van der Waals surface area contributed by atoms with Gasteiger partial charge in [-0.3, -0.25) is 0 Å². The van der Waals surface area contributed by atoms with Crippen LogP contribution in [0.25, 0.3) is 0 Å². The first-order chi connectivity index (χ1) is 5.74. The molecule has 0 bridgehead atoms. The molecule has 3 N–H and O–H groups in total. The molecule has 2 rings (SSSR count). The van der Waals surface area contributed by atoms with E-state index in [0.29, 0.717) is 16.9 Å². The van der Waals surface area contributed by atoms with Crippen molar-refractivity contribution in [2.75, 3.05) is 11.1 Å². The standard InChI is InChI=1S/C8H10ClN3/c9-7-3-5(10)4-8(12-7)11-6-1-2-6/h3-4,6H,1-2H2,(H3,10,11,12). The number of nitrogen functional groups attached to an aromatic ring is 1. The second kappa shape index (κ2) is 2.83. The van der Waals surface area contributed by atoms with Gasteiger partial charge in [-0.2, -0.15) is 0 Å². The SMILES string of the molecule is Nc1cc(Cl)nc(NC2CC2)c1. The lowest BCUT2D eigenvalue weighted by atomic mass is 10.4. The van der Waals surface area contributed by atoms with E-state index in [1.54, 1.807) is 12.1 Å². The predicted octanol–water partition coefficient (Wildman–Crippen LogP) is 1.89. The molecule has 1 aliphatic carbocycles. The molecular weight excluding hydrogens is 174 g/mol. The van der Waals surface area contributed by atoms with E-state index in [4.69, 9.17) is 17.3 Å². The molecule has 1 aromatic heterocycles. The molecule has 0 aliphatic heterocycles. The van der Waals surface area contributed by atoms with E-state index in [2.05, 4.69) is 10.3 Å². The summed E-state index contributed by atoms with van der Waals surface area (Å²) in [5.74, 6) is 0.780. The topological polar surface area (TPSA) is 50.9 Å². The monoisotopic (exact) mass is 183 g/mol. The molecule has 0 aromatic carbocycles. The number of rotatable bonds is 2. The first-order valence-corrected chi connectivity index (χ1v) is 4.31. The zero-order valence-corrected chi connectivity index (χ0v) is 7.30. The Morgan fingerprint density at radius 1 is 1.50 bits per heavy atom. The molecule has 1 fully saturated rings. The fraction of sp³-hybridized carbons (Fsp3) is 0.375. The summed E-state index contributed by atoms with van der Waals surface area (Å²) in [5, 5.41) is 3.66. The van der Waals surface area contributed by atoms with Gasteiger partial charge >= 0.3 is 0 Å². The van der Waals surface area contributed by atoms with E-state index in [1.807, 2.05) is 0 Å². The van der Waals surface area contributed by atoms with Crippen molar-refractivity contribution in [3.05, 3.63) is 17.3 Å². The number of aromatic nitrogens is 1. The minimum Gasteiger partial charge on any atom is -0.399 e. The largest absolute Gasteiger partial charge is 0.399 e. The molecule has 1 aromatic rings. The van der Waals surface area contributed by atoms with Gasteiger partial charge < -0.3 is 11.1 Å². The number of hydrogen-bond donors (Lipinski definition) is 2. The minimum atomic E-state index is 0.443. The van der Waals surface area contributed by atoms with Gasteiger partial charge in [-0.05, 0) is 18.9 Å². The Labute approximate surface area is 75.9 Å². The molecule has 0 atom stereocenters. The summed E-state index contributed by atoms with van der Waals surface area (Å²) in [6.45, 7) is 0. The highest BCUT2D eigenvalue weighted by Gasteiger charge is 2.21. The lowest BCUT2D eigenvalue weighted by molar-refractivity contribution is 1.11. The van der Waals surface area contributed by atoms with Gasteiger partial charge in [0.05, 0.1) is 0 Å². The molecule has 1 aliphatic rings. The van der Waals surface area contributed by atoms with Gasteiger partial charge in [0, 0.05) is 17.8 Å². The number of hydrogen-bond acceptors (Lipinski definition) is 3. The second-order valence-electron chi connectivity index (χ2n) is 3.03. The van der Waals surface area contributed by atoms with Crippen LogP contribution in [0.2, 0.25) is 5.15 Å². The van der Waals surface area contributed by atoms with Crippen LogP contribution < -0.4 is 11.1 Å². The summed E-state index contributed by atoms with van der Waals surface area (Å²) >= 11 is 5.72. The molecule has 4 heteroatoms. The van der Waals surface area contributed by atoms with Crippen molar-refractivity contribution < 1.29 is 0 Å². The van der Waals surface area contributed by atoms with Crippen LogP contribution in [0.4, 0.5) is 11.5 Å². The van der Waals surface area contributed by atoms with E-state index >= 15 is 0 Å².